The van der Waals surface area contributed by atoms with Gasteiger partial charge in [-0.15, -0.1) is 0 Å². The Morgan fingerprint density at radius 2 is 1.00 bits per heavy atom. The number of hydrogen-bond acceptors (Lipinski definition) is 6. The SMILES string of the molecule is CN1CCN(NC(=O)CCC(=O)NN2CCN(C)CC2)CC1. The standard InChI is InChI=1S/C14H28N6O2/c1-17-5-9-19(10-6-17)15-13(21)3-4-14(22)16-20-11-7-18(2)8-12-20/h3-12H2,1-2H3,(H,15,21)(H,16,22). The fourth-order valence-corrected chi connectivity index (χ4v) is 2.53. The zero-order chi connectivity index (χ0) is 15.9. The molecule has 0 saturated carbocycles. The predicted octanol–water partition coefficient (Wildman–Crippen LogP) is -1.68. The summed E-state index contributed by atoms with van der Waals surface area (Å²) >= 11 is 0. The Hall–Kier alpha value is -1.22. The van der Waals surface area contributed by atoms with Crippen LogP contribution in [0.4, 0.5) is 0 Å². The summed E-state index contributed by atoms with van der Waals surface area (Å²) in [6.07, 6.45) is 0.456. The maximum absolute atomic E-state index is 11.9. The molecule has 0 aromatic rings. The van der Waals surface area contributed by atoms with E-state index in [4.69, 9.17) is 0 Å². The first-order chi connectivity index (χ1) is 10.5. The van der Waals surface area contributed by atoms with Crippen molar-refractivity contribution in [1.29, 1.82) is 0 Å². The van der Waals surface area contributed by atoms with Crippen molar-refractivity contribution in [2.24, 2.45) is 0 Å². The first-order valence-electron chi connectivity index (χ1n) is 7.99. The van der Waals surface area contributed by atoms with Crippen molar-refractivity contribution in [3.8, 4) is 0 Å². The molecule has 8 nitrogen and oxygen atoms in total. The van der Waals surface area contributed by atoms with E-state index < -0.39 is 0 Å². The van der Waals surface area contributed by atoms with Crippen LogP contribution in [0.15, 0.2) is 0 Å². The number of amides is 2. The Balaban J connectivity index is 1.58. The molecule has 0 aromatic carbocycles. The van der Waals surface area contributed by atoms with Crippen molar-refractivity contribution < 1.29 is 9.59 Å². The van der Waals surface area contributed by atoms with Gasteiger partial charge in [0.25, 0.3) is 0 Å². The fourth-order valence-electron chi connectivity index (χ4n) is 2.53. The molecule has 0 radical (unpaired) electrons. The van der Waals surface area contributed by atoms with Gasteiger partial charge in [-0.2, -0.15) is 0 Å². The van der Waals surface area contributed by atoms with E-state index in [-0.39, 0.29) is 24.7 Å². The van der Waals surface area contributed by atoms with Crippen molar-refractivity contribution in [3.05, 3.63) is 0 Å². The molecule has 8 heteroatoms. The molecule has 2 N–H and O–H groups in total. The lowest BCUT2D eigenvalue weighted by molar-refractivity contribution is -0.132. The number of carbonyl (C=O) groups is 2. The zero-order valence-corrected chi connectivity index (χ0v) is 13.7. The Labute approximate surface area is 132 Å². The van der Waals surface area contributed by atoms with Crippen LogP contribution in [0, 0.1) is 0 Å². The van der Waals surface area contributed by atoms with Crippen molar-refractivity contribution in [2.45, 2.75) is 12.8 Å². The summed E-state index contributed by atoms with van der Waals surface area (Å²) < 4.78 is 0. The molecule has 0 atom stereocenters. The van der Waals surface area contributed by atoms with E-state index in [1.54, 1.807) is 0 Å². The van der Waals surface area contributed by atoms with E-state index in [2.05, 4.69) is 34.7 Å². The summed E-state index contributed by atoms with van der Waals surface area (Å²) in [6, 6.07) is 0. The summed E-state index contributed by atoms with van der Waals surface area (Å²) in [7, 11) is 4.14. The second kappa shape index (κ2) is 8.42. The van der Waals surface area contributed by atoms with Crippen LogP contribution in [0.25, 0.3) is 0 Å². The van der Waals surface area contributed by atoms with Gasteiger partial charge in [0.1, 0.15) is 0 Å². The molecule has 0 unspecified atom stereocenters. The number of carbonyl (C=O) groups excluding carboxylic acids is 2. The van der Waals surface area contributed by atoms with Crippen LogP contribution in [-0.4, -0.2) is 98.1 Å². The molecule has 2 fully saturated rings. The molecule has 126 valence electrons. The molecule has 0 aliphatic carbocycles. The molecule has 0 spiro atoms. The molecule has 2 heterocycles. The number of likely N-dealkylation sites (N-methyl/N-ethyl adjacent to an activating group) is 2. The number of nitrogens with one attached hydrogen (secondary N) is 2. The smallest absolute Gasteiger partial charge is 0.234 e. The monoisotopic (exact) mass is 312 g/mol. The van der Waals surface area contributed by atoms with E-state index >= 15 is 0 Å². The van der Waals surface area contributed by atoms with Gasteiger partial charge < -0.3 is 9.80 Å². The fraction of sp³-hybridized carbons (Fsp3) is 0.857. The molecular weight excluding hydrogens is 284 g/mol. The lowest BCUT2D eigenvalue weighted by atomic mass is 10.3. The minimum Gasteiger partial charge on any atom is -0.304 e. The van der Waals surface area contributed by atoms with Crippen molar-refractivity contribution >= 4 is 11.8 Å². The van der Waals surface area contributed by atoms with Crippen LogP contribution in [0.2, 0.25) is 0 Å². The van der Waals surface area contributed by atoms with Gasteiger partial charge in [0.15, 0.2) is 0 Å². The van der Waals surface area contributed by atoms with E-state index in [9.17, 15) is 9.59 Å². The third-order valence-electron chi connectivity index (χ3n) is 4.15. The Kier molecular flexibility index (Phi) is 6.56. The van der Waals surface area contributed by atoms with Crippen LogP contribution >= 0.6 is 0 Å². The zero-order valence-electron chi connectivity index (χ0n) is 13.7. The highest BCUT2D eigenvalue weighted by Crippen LogP contribution is 1.99. The third-order valence-corrected chi connectivity index (χ3v) is 4.15. The number of hydrazine groups is 2. The van der Waals surface area contributed by atoms with E-state index in [1.165, 1.54) is 0 Å². The van der Waals surface area contributed by atoms with Gasteiger partial charge in [-0.05, 0) is 14.1 Å². The van der Waals surface area contributed by atoms with Crippen molar-refractivity contribution in [3.63, 3.8) is 0 Å². The maximum atomic E-state index is 11.9. The van der Waals surface area contributed by atoms with Crippen molar-refractivity contribution in [2.75, 3.05) is 66.5 Å². The molecule has 0 bridgehead atoms. The number of nitrogens with zero attached hydrogens (tertiary/aromatic N) is 4. The minimum absolute atomic E-state index is 0.0851. The van der Waals surface area contributed by atoms with Gasteiger partial charge in [0, 0.05) is 65.2 Å². The second-order valence-electron chi connectivity index (χ2n) is 6.15. The number of hydrogen-bond donors (Lipinski definition) is 2. The minimum atomic E-state index is -0.0851. The van der Waals surface area contributed by atoms with Gasteiger partial charge in [-0.25, -0.2) is 10.0 Å². The van der Waals surface area contributed by atoms with E-state index in [1.807, 2.05) is 10.0 Å². The Morgan fingerprint density at radius 1 is 0.682 bits per heavy atom. The molecule has 2 amide bonds. The molecular formula is C14H28N6O2. The van der Waals surface area contributed by atoms with Gasteiger partial charge in [0.05, 0.1) is 0 Å². The van der Waals surface area contributed by atoms with Crippen LogP contribution in [0.1, 0.15) is 12.8 Å². The summed E-state index contributed by atoms with van der Waals surface area (Å²) in [4.78, 5) is 28.2. The van der Waals surface area contributed by atoms with Crippen LogP contribution in [0.5, 0.6) is 0 Å². The lowest BCUT2D eigenvalue weighted by Gasteiger charge is -2.33. The topological polar surface area (TPSA) is 71.2 Å². The molecule has 2 aliphatic rings. The van der Waals surface area contributed by atoms with Crippen LogP contribution in [0.3, 0.4) is 0 Å². The summed E-state index contributed by atoms with van der Waals surface area (Å²) in [5.41, 5.74) is 5.74. The van der Waals surface area contributed by atoms with Gasteiger partial charge >= 0.3 is 0 Å². The largest absolute Gasteiger partial charge is 0.304 e. The molecule has 2 aliphatic heterocycles. The maximum Gasteiger partial charge on any atom is 0.234 e. The molecule has 0 aromatic heterocycles. The van der Waals surface area contributed by atoms with Crippen LogP contribution < -0.4 is 10.9 Å². The first-order valence-corrected chi connectivity index (χ1v) is 7.99. The third kappa shape index (κ3) is 5.88. The first kappa shape index (κ1) is 17.1. The number of piperazine rings is 2. The molecule has 22 heavy (non-hydrogen) atoms. The quantitative estimate of drug-likeness (QED) is 0.632. The average Bonchev–Trinajstić information content (AvgIpc) is 2.50. The highest BCUT2D eigenvalue weighted by molar-refractivity contribution is 5.83. The van der Waals surface area contributed by atoms with Crippen LogP contribution in [-0.2, 0) is 9.59 Å². The van der Waals surface area contributed by atoms with Crippen molar-refractivity contribution in [1.82, 2.24) is 30.7 Å². The van der Waals surface area contributed by atoms with Gasteiger partial charge in [-0.3, -0.25) is 20.4 Å². The highest BCUT2D eigenvalue weighted by Gasteiger charge is 2.18. The second-order valence-corrected chi connectivity index (χ2v) is 6.15. The average molecular weight is 312 g/mol. The summed E-state index contributed by atoms with van der Waals surface area (Å²) in [6.45, 7) is 7.11. The summed E-state index contributed by atoms with van der Waals surface area (Å²) in [5, 5.41) is 3.86. The summed E-state index contributed by atoms with van der Waals surface area (Å²) in [5.74, 6) is -0.170. The van der Waals surface area contributed by atoms with E-state index in [0.717, 1.165) is 52.4 Å². The Morgan fingerprint density at radius 3 is 1.32 bits per heavy atom. The van der Waals surface area contributed by atoms with Gasteiger partial charge in [0.2, 0.25) is 11.8 Å². The highest BCUT2D eigenvalue weighted by atomic mass is 16.2. The lowest BCUT2D eigenvalue weighted by Crippen LogP contribution is -2.53. The predicted molar refractivity (Wildman–Crippen MR) is 83.7 cm³/mol. The normalized spacial score (nSPS) is 22.5. The van der Waals surface area contributed by atoms with Gasteiger partial charge in [-0.1, -0.05) is 0 Å². The Bertz CT molecular complexity index is 340. The van der Waals surface area contributed by atoms with E-state index in [0.29, 0.717) is 0 Å². The molecule has 2 saturated heterocycles. The molecule has 2 rings (SSSR count). The number of rotatable bonds is 5.